The Hall–Kier alpha value is 0.1000. The fourth-order valence-corrected chi connectivity index (χ4v) is 4.13. The van der Waals surface area contributed by atoms with Crippen LogP contribution < -0.4 is 5.73 Å². The molecule has 1 saturated heterocycles. The van der Waals surface area contributed by atoms with E-state index in [0.717, 1.165) is 22.0 Å². The summed E-state index contributed by atoms with van der Waals surface area (Å²) in [6.07, 6.45) is 5.20. The summed E-state index contributed by atoms with van der Waals surface area (Å²) in [5, 5.41) is 0. The Bertz CT molecular complexity index is 462. The highest BCUT2D eigenvalue weighted by atomic mass is 79.9. The van der Waals surface area contributed by atoms with E-state index in [2.05, 4.69) is 68.8 Å². The van der Waals surface area contributed by atoms with Crippen molar-refractivity contribution in [2.24, 2.45) is 11.1 Å². The number of halogens is 2. The summed E-state index contributed by atoms with van der Waals surface area (Å²) in [5.74, 6) is 0. The highest BCUT2D eigenvalue weighted by Gasteiger charge is 2.33. The van der Waals surface area contributed by atoms with Crippen molar-refractivity contribution in [3.63, 3.8) is 0 Å². The molecule has 1 heterocycles. The lowest BCUT2D eigenvalue weighted by atomic mass is 9.74. The molecule has 0 radical (unpaired) electrons. The van der Waals surface area contributed by atoms with Gasteiger partial charge in [0.25, 0.3) is 0 Å². The zero-order valence-corrected chi connectivity index (χ0v) is 16.2. The van der Waals surface area contributed by atoms with Crippen LogP contribution in [0.1, 0.15) is 51.1 Å². The summed E-state index contributed by atoms with van der Waals surface area (Å²) in [4.78, 5) is 2.57. The first-order valence-corrected chi connectivity index (χ1v) is 9.53. The SMILES string of the molecule is CCC1(CC)CCN(C(CN)c2ccc(Br)c(Br)c2)CC1. The van der Waals surface area contributed by atoms with Gasteiger partial charge in [0.05, 0.1) is 0 Å². The van der Waals surface area contributed by atoms with Gasteiger partial charge in [0.1, 0.15) is 0 Å². The van der Waals surface area contributed by atoms with E-state index >= 15 is 0 Å². The molecule has 2 rings (SSSR count). The molecule has 0 aromatic heterocycles. The first-order chi connectivity index (χ1) is 10.0. The van der Waals surface area contributed by atoms with Crippen LogP contribution in [0.5, 0.6) is 0 Å². The quantitative estimate of drug-likeness (QED) is 0.720. The minimum Gasteiger partial charge on any atom is -0.329 e. The highest BCUT2D eigenvalue weighted by Crippen LogP contribution is 2.40. The Morgan fingerprint density at radius 2 is 1.76 bits per heavy atom. The van der Waals surface area contributed by atoms with Gasteiger partial charge >= 0.3 is 0 Å². The second-order valence-electron chi connectivity index (χ2n) is 6.17. The van der Waals surface area contributed by atoms with Crippen LogP contribution in [-0.4, -0.2) is 24.5 Å². The molecule has 1 unspecified atom stereocenters. The number of nitrogens with two attached hydrogens (primary N) is 1. The standard InChI is InChI=1S/C17H26Br2N2/c1-3-17(4-2)7-9-21(10-8-17)16(12-20)13-5-6-14(18)15(19)11-13/h5-6,11,16H,3-4,7-10,12,20H2,1-2H3. The number of likely N-dealkylation sites (tertiary alicyclic amines) is 1. The molecule has 1 aromatic carbocycles. The van der Waals surface area contributed by atoms with Crippen molar-refractivity contribution in [1.29, 1.82) is 0 Å². The third kappa shape index (κ3) is 3.90. The maximum absolute atomic E-state index is 6.09. The first kappa shape index (κ1) is 17.5. The van der Waals surface area contributed by atoms with Gasteiger partial charge in [-0.25, -0.2) is 0 Å². The molecule has 0 aliphatic carbocycles. The Morgan fingerprint density at radius 3 is 2.24 bits per heavy atom. The van der Waals surface area contributed by atoms with E-state index in [1.165, 1.54) is 31.2 Å². The maximum Gasteiger partial charge on any atom is 0.0470 e. The third-order valence-electron chi connectivity index (χ3n) is 5.35. The minimum absolute atomic E-state index is 0.334. The zero-order valence-electron chi connectivity index (χ0n) is 13.0. The fourth-order valence-electron chi connectivity index (χ4n) is 3.48. The summed E-state index contributed by atoms with van der Waals surface area (Å²) in [7, 11) is 0. The van der Waals surface area contributed by atoms with Gasteiger partial charge in [-0.2, -0.15) is 0 Å². The van der Waals surface area contributed by atoms with Gasteiger partial charge in [-0.1, -0.05) is 32.8 Å². The van der Waals surface area contributed by atoms with E-state index in [1.54, 1.807) is 0 Å². The molecular formula is C17H26Br2N2. The van der Waals surface area contributed by atoms with E-state index in [4.69, 9.17) is 5.73 Å². The average molecular weight is 418 g/mol. The number of benzene rings is 1. The van der Waals surface area contributed by atoms with Crippen LogP contribution in [-0.2, 0) is 0 Å². The van der Waals surface area contributed by atoms with Crippen molar-refractivity contribution in [2.45, 2.75) is 45.6 Å². The van der Waals surface area contributed by atoms with E-state index in [-0.39, 0.29) is 0 Å². The van der Waals surface area contributed by atoms with Gasteiger partial charge in [0.2, 0.25) is 0 Å². The molecule has 1 fully saturated rings. The topological polar surface area (TPSA) is 29.3 Å². The molecule has 1 aliphatic rings. The fraction of sp³-hybridized carbons (Fsp3) is 0.647. The van der Waals surface area contributed by atoms with E-state index in [0.29, 0.717) is 18.0 Å². The van der Waals surface area contributed by atoms with Crippen LogP contribution in [0.15, 0.2) is 27.1 Å². The van der Waals surface area contributed by atoms with Crippen molar-refractivity contribution in [3.8, 4) is 0 Å². The van der Waals surface area contributed by atoms with Crippen LogP contribution in [0.25, 0.3) is 0 Å². The Balaban J connectivity index is 2.11. The minimum atomic E-state index is 0.334. The predicted molar refractivity (Wildman–Crippen MR) is 97.5 cm³/mol. The molecule has 1 aromatic rings. The zero-order chi connectivity index (χ0) is 15.5. The van der Waals surface area contributed by atoms with E-state index in [9.17, 15) is 0 Å². The molecule has 21 heavy (non-hydrogen) atoms. The summed E-state index contributed by atoms with van der Waals surface area (Å²) in [5.41, 5.74) is 7.97. The molecule has 0 saturated carbocycles. The van der Waals surface area contributed by atoms with Crippen molar-refractivity contribution >= 4 is 31.9 Å². The summed E-state index contributed by atoms with van der Waals surface area (Å²) in [6, 6.07) is 6.83. The lowest BCUT2D eigenvalue weighted by Gasteiger charge is -2.44. The summed E-state index contributed by atoms with van der Waals surface area (Å²) < 4.78 is 2.20. The molecule has 0 bridgehead atoms. The molecule has 4 heteroatoms. The van der Waals surface area contributed by atoms with Crippen molar-refractivity contribution in [2.75, 3.05) is 19.6 Å². The van der Waals surface area contributed by atoms with Gasteiger partial charge in [-0.3, -0.25) is 4.90 Å². The largest absolute Gasteiger partial charge is 0.329 e. The van der Waals surface area contributed by atoms with Crippen LogP contribution in [0.2, 0.25) is 0 Å². The molecule has 1 atom stereocenters. The number of piperidine rings is 1. The second kappa shape index (κ2) is 7.58. The van der Waals surface area contributed by atoms with Crippen LogP contribution in [0.4, 0.5) is 0 Å². The van der Waals surface area contributed by atoms with Gasteiger partial charge < -0.3 is 5.73 Å². The first-order valence-electron chi connectivity index (χ1n) is 7.94. The second-order valence-corrected chi connectivity index (χ2v) is 7.88. The molecular weight excluding hydrogens is 392 g/mol. The van der Waals surface area contributed by atoms with Gasteiger partial charge in [-0.05, 0) is 80.9 Å². The normalized spacial score (nSPS) is 20.4. The van der Waals surface area contributed by atoms with Gasteiger partial charge in [0, 0.05) is 21.5 Å². The number of nitrogens with zero attached hydrogens (tertiary/aromatic N) is 1. The number of rotatable bonds is 5. The highest BCUT2D eigenvalue weighted by molar-refractivity contribution is 9.13. The Morgan fingerprint density at radius 1 is 1.14 bits per heavy atom. The smallest absolute Gasteiger partial charge is 0.0470 e. The molecule has 0 spiro atoms. The lowest BCUT2D eigenvalue weighted by Crippen LogP contribution is -2.43. The van der Waals surface area contributed by atoms with Crippen LogP contribution in [0.3, 0.4) is 0 Å². The Kier molecular flexibility index (Phi) is 6.30. The lowest BCUT2D eigenvalue weighted by molar-refractivity contribution is 0.0679. The van der Waals surface area contributed by atoms with Crippen LogP contribution >= 0.6 is 31.9 Å². The number of hydrogen-bond acceptors (Lipinski definition) is 2. The molecule has 1 aliphatic heterocycles. The van der Waals surface area contributed by atoms with Crippen LogP contribution in [0, 0.1) is 5.41 Å². The monoisotopic (exact) mass is 416 g/mol. The van der Waals surface area contributed by atoms with Crippen molar-refractivity contribution < 1.29 is 0 Å². The molecule has 118 valence electrons. The van der Waals surface area contributed by atoms with Gasteiger partial charge in [-0.15, -0.1) is 0 Å². The van der Waals surface area contributed by atoms with Crippen molar-refractivity contribution in [1.82, 2.24) is 4.90 Å². The Labute approximate surface area is 145 Å². The average Bonchev–Trinajstić information content (AvgIpc) is 2.52. The third-order valence-corrected chi connectivity index (χ3v) is 7.23. The summed E-state index contributed by atoms with van der Waals surface area (Å²) in [6.45, 7) is 7.69. The summed E-state index contributed by atoms with van der Waals surface area (Å²) >= 11 is 7.14. The van der Waals surface area contributed by atoms with Gasteiger partial charge in [0.15, 0.2) is 0 Å². The molecule has 2 nitrogen and oxygen atoms in total. The number of hydrogen-bond donors (Lipinski definition) is 1. The molecule has 2 N–H and O–H groups in total. The van der Waals surface area contributed by atoms with E-state index in [1.807, 2.05) is 0 Å². The maximum atomic E-state index is 6.09. The predicted octanol–water partition coefficient (Wildman–Crippen LogP) is 5.11. The van der Waals surface area contributed by atoms with Crippen molar-refractivity contribution in [3.05, 3.63) is 32.7 Å². The van der Waals surface area contributed by atoms with E-state index < -0.39 is 0 Å². The molecule has 0 amide bonds.